The van der Waals surface area contributed by atoms with Crippen LogP contribution < -0.4 is 4.74 Å². The number of aryl methyl sites for hydroxylation is 4. The number of aromatic nitrogens is 2. The molecular weight excluding hydrogens is 1340 g/mol. The first-order valence-electron chi connectivity index (χ1n) is 34.5. The molecule has 0 fully saturated rings. The van der Waals surface area contributed by atoms with Gasteiger partial charge in [-0.05, 0) is 207 Å². The Morgan fingerprint density at radius 3 is 1.31 bits per heavy atom. The van der Waals surface area contributed by atoms with Crippen molar-refractivity contribution in [2.45, 2.75) is 238 Å². The number of benzene rings is 7. The van der Waals surface area contributed by atoms with Gasteiger partial charge in [0, 0.05) is 81.5 Å². The standard InChI is InChI=1S/C87H112N2O4.2CH3.Hf/c1-53-38-54(2)41-57(40-53)70-48-63(86(25,26)52-80(8,9)10)50-76(89-73-34-30-60(83(17,18)19)45-66(73)67-46-61(84(20,21)22)31-35-74(67)89)87(70,91)93-37-27-36-92-78-56(4)39-55(3)42-69(78)68-47-62(85(23,24)51-79(5,6)7)49-75(77(68)90)88-71-32-28-58(81(11,12)13)43-64(71)65-44-59(82(14,15)16)29-33-72(65)88;;;/h28-35,38-50,76,90-91H,27,36-37,51-52H2,1-26H3;2*1H3;/q;2*-1;. The second-order valence-electron chi connectivity index (χ2n) is 36.0. The number of aromatic hydroxyl groups is 1. The van der Waals surface area contributed by atoms with E-state index in [0.29, 0.717) is 18.8 Å². The van der Waals surface area contributed by atoms with E-state index in [-0.39, 0.29) is 96.4 Å². The van der Waals surface area contributed by atoms with E-state index < -0.39 is 11.8 Å². The molecule has 0 spiro atoms. The summed E-state index contributed by atoms with van der Waals surface area (Å²) in [7, 11) is 0. The zero-order valence-electron chi connectivity index (χ0n) is 64.3. The van der Waals surface area contributed by atoms with Crippen molar-refractivity contribution in [2.24, 2.45) is 16.2 Å². The monoisotopic (exact) mass is 1460 g/mol. The molecule has 0 saturated carbocycles. The van der Waals surface area contributed by atoms with Crippen LogP contribution in [0.1, 0.15) is 233 Å². The molecule has 2 unspecified atom stereocenters. The van der Waals surface area contributed by atoms with Gasteiger partial charge in [-0.3, -0.25) is 0 Å². The maximum Gasteiger partial charge on any atom is 0.218 e. The number of phenolic OH excluding ortho intramolecular Hbond substituents is 1. The Bertz CT molecular complexity index is 4270. The molecule has 0 saturated heterocycles. The first kappa shape index (κ1) is 77.4. The molecule has 0 bridgehead atoms. The van der Waals surface area contributed by atoms with E-state index in [1.807, 2.05) is 0 Å². The van der Waals surface area contributed by atoms with Crippen LogP contribution >= 0.6 is 0 Å². The maximum atomic E-state index is 14.4. The molecule has 0 amide bonds. The Kier molecular flexibility index (Phi) is 21.7. The van der Waals surface area contributed by atoms with Gasteiger partial charge in [-0.25, -0.2) is 0 Å². The average molecular weight is 1460 g/mol. The second-order valence-corrected chi connectivity index (χ2v) is 36.0. The van der Waals surface area contributed by atoms with Crippen molar-refractivity contribution in [3.8, 4) is 28.3 Å². The van der Waals surface area contributed by atoms with Gasteiger partial charge in [-0.2, -0.15) is 0 Å². The number of ether oxygens (including phenoxy) is 2. The first-order chi connectivity index (χ1) is 42.8. The van der Waals surface area contributed by atoms with Crippen LogP contribution in [-0.4, -0.2) is 38.3 Å². The van der Waals surface area contributed by atoms with Crippen molar-refractivity contribution in [2.75, 3.05) is 13.2 Å². The molecule has 1 aliphatic rings. The Balaban J connectivity index is 0.00000433. The molecular formula is C89H118HfN2O4-2. The Morgan fingerprint density at radius 1 is 0.458 bits per heavy atom. The summed E-state index contributed by atoms with van der Waals surface area (Å²) in [4.78, 5) is 0. The van der Waals surface area contributed by atoms with E-state index in [1.165, 1.54) is 38.6 Å². The normalized spacial score (nSPS) is 16.2. The molecule has 10 rings (SSSR count). The van der Waals surface area contributed by atoms with Crippen molar-refractivity contribution < 1.29 is 45.5 Å². The van der Waals surface area contributed by atoms with Gasteiger partial charge < -0.3 is 43.7 Å². The summed E-state index contributed by atoms with van der Waals surface area (Å²) in [6.07, 6.45) is 6.90. The number of aliphatic hydroxyl groups is 1. The van der Waals surface area contributed by atoms with Gasteiger partial charge in [-0.15, -0.1) is 0 Å². The maximum absolute atomic E-state index is 14.4. The zero-order chi connectivity index (χ0) is 68.5. The summed E-state index contributed by atoms with van der Waals surface area (Å²) in [5.74, 6) is -0.923. The van der Waals surface area contributed by atoms with Crippen LogP contribution in [-0.2, 0) is 57.7 Å². The molecule has 6 nitrogen and oxygen atoms in total. The zero-order valence-corrected chi connectivity index (χ0v) is 67.9. The molecule has 7 heteroatoms. The molecule has 96 heavy (non-hydrogen) atoms. The smallest absolute Gasteiger partial charge is 0.218 e. The molecule has 2 atom stereocenters. The van der Waals surface area contributed by atoms with Gasteiger partial charge >= 0.3 is 0 Å². The van der Waals surface area contributed by atoms with Crippen LogP contribution in [0, 0.1) is 58.8 Å². The van der Waals surface area contributed by atoms with Crippen molar-refractivity contribution in [1.29, 1.82) is 0 Å². The van der Waals surface area contributed by atoms with Crippen LogP contribution in [0.15, 0.2) is 133 Å². The van der Waals surface area contributed by atoms with Gasteiger partial charge in [0.2, 0.25) is 5.79 Å². The van der Waals surface area contributed by atoms with Gasteiger partial charge in [-0.1, -0.05) is 218 Å². The van der Waals surface area contributed by atoms with E-state index in [1.54, 1.807) is 0 Å². The van der Waals surface area contributed by atoms with E-state index in [9.17, 15) is 10.2 Å². The molecule has 1 aliphatic carbocycles. The average Bonchev–Trinajstić information content (AvgIpc) is 1.41. The Morgan fingerprint density at radius 2 is 0.875 bits per heavy atom. The minimum absolute atomic E-state index is 0. The molecule has 2 N–H and O–H groups in total. The van der Waals surface area contributed by atoms with E-state index in [4.69, 9.17) is 9.47 Å². The predicted molar refractivity (Wildman–Crippen MR) is 411 cm³/mol. The molecule has 2 aromatic heterocycles. The summed E-state index contributed by atoms with van der Waals surface area (Å²) in [6.45, 7) is 59.7. The third-order valence-corrected chi connectivity index (χ3v) is 19.7. The van der Waals surface area contributed by atoms with Crippen LogP contribution in [0.25, 0.3) is 66.0 Å². The van der Waals surface area contributed by atoms with Gasteiger partial charge in [0.25, 0.3) is 0 Å². The third-order valence-electron chi connectivity index (χ3n) is 19.7. The SMILES string of the molecule is Cc1cc(C)cc(C2=CC(C(C)(C)CC(C)(C)C)=CC(n3c4ccc(C(C)(C)C)cc4c4cc(C(C)(C)C)ccc43)C2(O)OCCCOc2c(C)cc(C)cc2-c2cc(C(C)(C)CC(C)(C)C)cc(-n3c4ccc(C(C)(C)C)cc4c4cc(C(C)(C)C)ccc43)c2O)c1.[CH3-].[CH3-].[Hf]. The quantitative estimate of drug-likeness (QED) is 0.0493. The topological polar surface area (TPSA) is 68.8 Å². The van der Waals surface area contributed by atoms with Crippen molar-refractivity contribution >= 4 is 49.2 Å². The van der Waals surface area contributed by atoms with Gasteiger partial charge in [0.15, 0.2) is 0 Å². The van der Waals surface area contributed by atoms with Crippen LogP contribution in [0.4, 0.5) is 0 Å². The summed E-state index contributed by atoms with van der Waals surface area (Å²) in [5.41, 5.74) is 19.0. The van der Waals surface area contributed by atoms with Crippen molar-refractivity contribution in [3.63, 3.8) is 0 Å². The van der Waals surface area contributed by atoms with Crippen LogP contribution in [0.2, 0.25) is 0 Å². The minimum Gasteiger partial charge on any atom is -0.505 e. The summed E-state index contributed by atoms with van der Waals surface area (Å²) in [5, 5.41) is 32.4. The fourth-order valence-electron chi connectivity index (χ4n) is 15.6. The molecule has 0 radical (unpaired) electrons. The van der Waals surface area contributed by atoms with E-state index in [2.05, 4.69) is 317 Å². The third kappa shape index (κ3) is 15.5. The number of fused-ring (bicyclic) bond motifs is 6. The van der Waals surface area contributed by atoms with Crippen molar-refractivity contribution in [1.82, 2.24) is 9.13 Å². The van der Waals surface area contributed by atoms with E-state index >= 15 is 0 Å². The Labute approximate surface area is 599 Å². The minimum atomic E-state index is -1.84. The number of hydrogen-bond acceptors (Lipinski definition) is 4. The first-order valence-corrected chi connectivity index (χ1v) is 34.5. The summed E-state index contributed by atoms with van der Waals surface area (Å²) < 4.78 is 19.2. The van der Waals surface area contributed by atoms with Gasteiger partial charge in [0.05, 0.1) is 29.9 Å². The summed E-state index contributed by atoms with van der Waals surface area (Å²) >= 11 is 0. The molecule has 0 aliphatic heterocycles. The Hall–Kier alpha value is -5.99. The number of hydrogen-bond donors (Lipinski definition) is 2. The van der Waals surface area contributed by atoms with E-state index in [0.717, 1.165) is 101 Å². The van der Waals surface area contributed by atoms with Gasteiger partial charge in [0.1, 0.15) is 17.5 Å². The predicted octanol–water partition coefficient (Wildman–Crippen LogP) is 24.5. The number of allylic oxidation sites excluding steroid dienone is 2. The van der Waals surface area contributed by atoms with Crippen LogP contribution in [0.3, 0.4) is 0 Å². The number of nitrogens with zero attached hydrogens (tertiary/aromatic N) is 2. The molecule has 2 heterocycles. The summed E-state index contributed by atoms with van der Waals surface area (Å²) in [6, 6.07) is 42.4. The largest absolute Gasteiger partial charge is 0.505 e. The molecule has 9 aromatic rings. The second kappa shape index (κ2) is 26.9. The number of phenols is 1. The molecule has 514 valence electrons. The van der Waals surface area contributed by atoms with Crippen LogP contribution in [0.5, 0.6) is 11.5 Å². The van der Waals surface area contributed by atoms with Crippen molar-refractivity contribution in [3.05, 3.63) is 203 Å². The molecule has 7 aromatic carbocycles. The fourth-order valence-corrected chi connectivity index (χ4v) is 15.6. The fraction of sp³-hybridized carbons (Fsp3) is 0.461. The number of rotatable bonds is 14.